The number of rotatable bonds is 4. The lowest BCUT2D eigenvalue weighted by Crippen LogP contribution is -2.33. The van der Waals surface area contributed by atoms with Crippen molar-refractivity contribution in [1.29, 1.82) is 0 Å². The summed E-state index contributed by atoms with van der Waals surface area (Å²) in [6, 6.07) is 13.9. The van der Waals surface area contributed by atoms with E-state index in [-0.39, 0.29) is 12.7 Å². The largest absolute Gasteiger partial charge is 0.445 e. The molecule has 2 saturated heterocycles. The second kappa shape index (κ2) is 8.14. The van der Waals surface area contributed by atoms with E-state index in [0.29, 0.717) is 21.9 Å². The average molecular weight is 444 g/mol. The Hall–Kier alpha value is -2.21. The van der Waals surface area contributed by atoms with Crippen LogP contribution in [0.1, 0.15) is 11.1 Å². The van der Waals surface area contributed by atoms with Crippen LogP contribution in [-0.2, 0) is 17.9 Å². The number of nitrogens with one attached hydrogen (secondary N) is 1. The Morgan fingerprint density at radius 2 is 1.70 bits per heavy atom. The number of fused-ring (bicyclic) bond motifs is 2. The van der Waals surface area contributed by atoms with Crippen LogP contribution in [-0.4, -0.2) is 47.1 Å². The zero-order valence-electron chi connectivity index (χ0n) is 16.5. The molecule has 7 heteroatoms. The summed E-state index contributed by atoms with van der Waals surface area (Å²) in [5.74, 6) is 1.02. The van der Waals surface area contributed by atoms with Crippen molar-refractivity contribution in [3.63, 3.8) is 0 Å². The first-order valence-electron chi connectivity index (χ1n) is 10.2. The molecule has 0 bridgehead atoms. The van der Waals surface area contributed by atoms with Gasteiger partial charge in [0.25, 0.3) is 0 Å². The van der Waals surface area contributed by atoms with Gasteiger partial charge in [-0.25, -0.2) is 4.79 Å². The molecule has 0 spiro atoms. The number of hydrogen-bond donors (Lipinski definition) is 1. The van der Waals surface area contributed by atoms with Crippen LogP contribution >= 0.6 is 23.2 Å². The van der Waals surface area contributed by atoms with E-state index < -0.39 is 0 Å². The first-order valence-corrected chi connectivity index (χ1v) is 10.9. The minimum absolute atomic E-state index is 0.179. The van der Waals surface area contributed by atoms with E-state index >= 15 is 0 Å². The molecule has 2 fully saturated rings. The molecule has 0 saturated carbocycles. The zero-order valence-corrected chi connectivity index (χ0v) is 18.0. The van der Waals surface area contributed by atoms with Gasteiger partial charge in [0.15, 0.2) is 0 Å². The average Bonchev–Trinajstić information content (AvgIpc) is 3.39. The van der Waals surface area contributed by atoms with E-state index in [4.69, 9.17) is 27.9 Å². The fourth-order valence-corrected chi connectivity index (χ4v) is 5.33. The fourth-order valence-electron chi connectivity index (χ4n) is 4.76. The number of aromatic amines is 1. The van der Waals surface area contributed by atoms with Crippen molar-refractivity contribution < 1.29 is 9.53 Å². The molecular formula is C23H23Cl2N3O2. The van der Waals surface area contributed by atoms with Crippen LogP contribution in [0.5, 0.6) is 0 Å². The van der Waals surface area contributed by atoms with E-state index in [9.17, 15) is 4.79 Å². The molecule has 2 atom stereocenters. The van der Waals surface area contributed by atoms with Gasteiger partial charge in [0.1, 0.15) is 6.61 Å². The van der Waals surface area contributed by atoms with Gasteiger partial charge < -0.3 is 14.6 Å². The quantitative estimate of drug-likeness (QED) is 0.604. The summed E-state index contributed by atoms with van der Waals surface area (Å²) < 4.78 is 5.50. The maximum atomic E-state index is 12.5. The maximum Gasteiger partial charge on any atom is 0.410 e. The molecule has 2 aliphatic rings. The highest BCUT2D eigenvalue weighted by Gasteiger charge is 2.41. The number of carbonyl (C=O) groups excluding carboxylic acids is 1. The van der Waals surface area contributed by atoms with Crippen molar-refractivity contribution in [3.8, 4) is 0 Å². The van der Waals surface area contributed by atoms with Crippen molar-refractivity contribution in [2.24, 2.45) is 11.8 Å². The highest BCUT2D eigenvalue weighted by atomic mass is 35.5. The number of ether oxygens (including phenoxy) is 1. The lowest BCUT2D eigenvalue weighted by Gasteiger charge is -2.21. The number of carbonyl (C=O) groups is 1. The van der Waals surface area contributed by atoms with Crippen LogP contribution in [0.15, 0.2) is 48.7 Å². The first-order chi connectivity index (χ1) is 14.5. The number of hydrogen-bond acceptors (Lipinski definition) is 3. The van der Waals surface area contributed by atoms with E-state index in [1.807, 2.05) is 11.1 Å². The molecule has 5 nitrogen and oxygen atoms in total. The van der Waals surface area contributed by atoms with E-state index in [0.717, 1.165) is 38.3 Å². The predicted molar refractivity (Wildman–Crippen MR) is 119 cm³/mol. The molecule has 1 amide bonds. The molecule has 0 radical (unpaired) electrons. The van der Waals surface area contributed by atoms with Crippen LogP contribution in [0, 0.1) is 11.8 Å². The highest BCUT2D eigenvalue weighted by Crippen LogP contribution is 2.32. The Morgan fingerprint density at radius 3 is 2.43 bits per heavy atom. The van der Waals surface area contributed by atoms with E-state index in [1.54, 1.807) is 18.2 Å². The monoisotopic (exact) mass is 443 g/mol. The third-order valence-corrected chi connectivity index (χ3v) is 6.57. The number of nitrogens with zero attached hydrogens (tertiary/aromatic N) is 2. The summed E-state index contributed by atoms with van der Waals surface area (Å²) in [6.07, 6.45) is 1.72. The Labute approximate surface area is 185 Å². The summed E-state index contributed by atoms with van der Waals surface area (Å²) in [4.78, 5) is 20.1. The van der Waals surface area contributed by atoms with Gasteiger partial charge in [0.05, 0.1) is 0 Å². The minimum atomic E-state index is -0.259. The molecule has 0 aliphatic carbocycles. The number of benzene rings is 2. The molecule has 0 unspecified atom stereocenters. The third kappa shape index (κ3) is 4.15. The molecule has 1 aromatic heterocycles. The Bertz CT molecular complexity index is 1050. The van der Waals surface area contributed by atoms with Crippen molar-refractivity contribution in [1.82, 2.24) is 14.8 Å². The van der Waals surface area contributed by atoms with Gasteiger partial charge in [0, 0.05) is 54.5 Å². The minimum Gasteiger partial charge on any atom is -0.445 e. The topological polar surface area (TPSA) is 48.6 Å². The summed E-state index contributed by atoms with van der Waals surface area (Å²) >= 11 is 12.0. The van der Waals surface area contributed by atoms with E-state index in [1.165, 1.54) is 16.5 Å². The SMILES string of the molecule is O=C(OCc1cc(Cl)cc(Cl)c1)N1C[C@H]2CN(Cc3ccc4[nH]ccc4c3)C[C@H]2C1. The molecule has 3 aromatic rings. The summed E-state index contributed by atoms with van der Waals surface area (Å²) in [6.45, 7) is 4.68. The van der Waals surface area contributed by atoms with Crippen LogP contribution in [0.3, 0.4) is 0 Å². The Morgan fingerprint density at radius 1 is 0.967 bits per heavy atom. The summed E-state index contributed by atoms with van der Waals surface area (Å²) in [7, 11) is 0. The van der Waals surface area contributed by atoms with Crippen LogP contribution in [0.4, 0.5) is 4.79 Å². The molecule has 30 heavy (non-hydrogen) atoms. The molecule has 2 aromatic carbocycles. The number of H-pyrrole nitrogens is 1. The Balaban J connectivity index is 1.13. The van der Waals surface area contributed by atoms with Crippen molar-refractivity contribution in [2.75, 3.05) is 26.2 Å². The van der Waals surface area contributed by atoms with E-state index in [2.05, 4.69) is 34.1 Å². The fraction of sp³-hybridized carbons (Fsp3) is 0.348. The van der Waals surface area contributed by atoms with Crippen molar-refractivity contribution in [2.45, 2.75) is 13.2 Å². The number of aromatic nitrogens is 1. The summed E-state index contributed by atoms with van der Waals surface area (Å²) in [5, 5.41) is 2.34. The smallest absolute Gasteiger partial charge is 0.410 e. The van der Waals surface area contributed by atoms with Gasteiger partial charge in [-0.05, 0) is 64.7 Å². The van der Waals surface area contributed by atoms with Gasteiger partial charge in [-0.15, -0.1) is 0 Å². The molecular weight excluding hydrogens is 421 g/mol. The zero-order chi connectivity index (χ0) is 20.7. The lowest BCUT2D eigenvalue weighted by molar-refractivity contribution is 0.0997. The standard InChI is InChI=1S/C23H23Cl2N3O2/c24-20-6-16(7-21(25)8-20)14-30-23(29)28-12-18-10-27(11-19(18)13-28)9-15-1-2-22-17(5-15)3-4-26-22/h1-8,18-19,26H,9-14H2/t18-,19+. The van der Waals surface area contributed by atoms with Crippen LogP contribution in [0.25, 0.3) is 10.9 Å². The van der Waals surface area contributed by atoms with Gasteiger partial charge in [-0.2, -0.15) is 0 Å². The summed E-state index contributed by atoms with van der Waals surface area (Å²) in [5.41, 5.74) is 3.30. The second-order valence-corrected chi connectivity index (χ2v) is 9.22. The molecule has 1 N–H and O–H groups in total. The highest BCUT2D eigenvalue weighted by molar-refractivity contribution is 6.34. The lowest BCUT2D eigenvalue weighted by atomic mass is 10.0. The molecule has 2 aliphatic heterocycles. The first kappa shape index (κ1) is 19.7. The third-order valence-electron chi connectivity index (χ3n) is 6.13. The predicted octanol–water partition coefficient (Wildman–Crippen LogP) is 5.18. The molecule has 5 rings (SSSR count). The molecule has 3 heterocycles. The van der Waals surface area contributed by atoms with Crippen molar-refractivity contribution >= 4 is 40.2 Å². The van der Waals surface area contributed by atoms with Gasteiger partial charge >= 0.3 is 6.09 Å². The number of halogens is 2. The second-order valence-electron chi connectivity index (χ2n) is 8.35. The Kier molecular flexibility index (Phi) is 5.35. The normalized spacial score (nSPS) is 21.3. The van der Waals surface area contributed by atoms with Crippen LogP contribution < -0.4 is 0 Å². The van der Waals surface area contributed by atoms with Crippen molar-refractivity contribution in [3.05, 3.63) is 69.8 Å². The van der Waals surface area contributed by atoms with Gasteiger partial charge in [0.2, 0.25) is 0 Å². The van der Waals surface area contributed by atoms with Gasteiger partial charge in [-0.1, -0.05) is 29.3 Å². The maximum absolute atomic E-state index is 12.5. The molecule has 156 valence electrons. The number of amides is 1. The van der Waals surface area contributed by atoms with Crippen LogP contribution in [0.2, 0.25) is 10.0 Å². The number of likely N-dealkylation sites (tertiary alicyclic amines) is 2. The van der Waals surface area contributed by atoms with Gasteiger partial charge in [-0.3, -0.25) is 4.90 Å².